The summed E-state index contributed by atoms with van der Waals surface area (Å²) in [5.74, 6) is 2.08. The topological polar surface area (TPSA) is 46.9 Å². The molecule has 1 aromatic heterocycles. The van der Waals surface area contributed by atoms with Crippen molar-refractivity contribution in [1.82, 2.24) is 14.9 Å². The van der Waals surface area contributed by atoms with Crippen LogP contribution in [-0.4, -0.2) is 21.5 Å². The number of fused-ring (bicyclic) bond motifs is 1. The first-order chi connectivity index (χ1) is 13.4. The first-order valence-corrected chi connectivity index (χ1v) is 10.8. The zero-order chi connectivity index (χ0) is 19.8. The van der Waals surface area contributed by atoms with Gasteiger partial charge in [-0.25, -0.2) is 4.98 Å². The smallest absolute Gasteiger partial charge is 0.251 e. The van der Waals surface area contributed by atoms with E-state index in [9.17, 15) is 4.79 Å². The SMILES string of the molecule is Cc1nc2cc(C(=O)N[C@@H]3CCC[C@H](C)[C@@H]3C)ccc2n1-c1ccc(Br)cc1. The fourth-order valence-corrected chi connectivity index (χ4v) is 4.56. The molecule has 1 aliphatic rings. The van der Waals surface area contributed by atoms with E-state index in [1.54, 1.807) is 0 Å². The van der Waals surface area contributed by atoms with Crippen LogP contribution >= 0.6 is 15.9 Å². The first kappa shape index (κ1) is 19.2. The summed E-state index contributed by atoms with van der Waals surface area (Å²) in [5, 5.41) is 3.26. The van der Waals surface area contributed by atoms with Crippen molar-refractivity contribution in [2.45, 2.75) is 46.1 Å². The molecular weight excluding hydrogens is 414 g/mol. The summed E-state index contributed by atoms with van der Waals surface area (Å²) in [7, 11) is 0. The van der Waals surface area contributed by atoms with E-state index in [2.05, 4.69) is 51.8 Å². The zero-order valence-electron chi connectivity index (χ0n) is 16.6. The second-order valence-corrected chi connectivity index (χ2v) is 8.94. The van der Waals surface area contributed by atoms with Crippen LogP contribution in [0, 0.1) is 18.8 Å². The molecule has 0 radical (unpaired) electrons. The molecule has 0 bridgehead atoms. The summed E-state index contributed by atoms with van der Waals surface area (Å²) >= 11 is 3.48. The summed E-state index contributed by atoms with van der Waals surface area (Å²) in [6.07, 6.45) is 3.51. The van der Waals surface area contributed by atoms with Gasteiger partial charge in [-0.3, -0.25) is 9.36 Å². The Hall–Kier alpha value is -2.14. The number of aryl methyl sites for hydroxylation is 1. The Morgan fingerprint density at radius 1 is 1.14 bits per heavy atom. The fourth-order valence-electron chi connectivity index (χ4n) is 4.30. The van der Waals surface area contributed by atoms with E-state index < -0.39 is 0 Å². The lowest BCUT2D eigenvalue weighted by atomic mass is 9.78. The molecule has 3 atom stereocenters. The van der Waals surface area contributed by atoms with Gasteiger partial charge in [0.05, 0.1) is 11.0 Å². The lowest BCUT2D eigenvalue weighted by Crippen LogP contribution is -2.43. The second-order valence-electron chi connectivity index (χ2n) is 8.02. The van der Waals surface area contributed by atoms with Crippen LogP contribution in [-0.2, 0) is 0 Å². The number of hydrogen-bond donors (Lipinski definition) is 1. The first-order valence-electron chi connectivity index (χ1n) is 10.00. The van der Waals surface area contributed by atoms with Crippen molar-refractivity contribution in [3.05, 3.63) is 58.3 Å². The summed E-state index contributed by atoms with van der Waals surface area (Å²) in [6, 6.07) is 14.2. The van der Waals surface area contributed by atoms with Crippen molar-refractivity contribution in [3.63, 3.8) is 0 Å². The lowest BCUT2D eigenvalue weighted by molar-refractivity contribution is 0.0891. The van der Waals surface area contributed by atoms with Crippen LogP contribution in [0.5, 0.6) is 0 Å². The summed E-state index contributed by atoms with van der Waals surface area (Å²) in [5.41, 5.74) is 3.60. The molecule has 0 saturated heterocycles. The van der Waals surface area contributed by atoms with Gasteiger partial charge in [-0.05, 0) is 67.6 Å². The van der Waals surface area contributed by atoms with Crippen molar-refractivity contribution in [2.75, 3.05) is 0 Å². The van der Waals surface area contributed by atoms with Gasteiger partial charge in [0, 0.05) is 21.8 Å². The Bertz CT molecular complexity index is 1010. The number of imidazole rings is 1. The Morgan fingerprint density at radius 2 is 1.89 bits per heavy atom. The minimum Gasteiger partial charge on any atom is -0.349 e. The van der Waals surface area contributed by atoms with E-state index in [4.69, 9.17) is 4.98 Å². The average molecular weight is 440 g/mol. The van der Waals surface area contributed by atoms with Gasteiger partial charge in [0.1, 0.15) is 5.82 Å². The molecule has 146 valence electrons. The Balaban J connectivity index is 1.62. The monoisotopic (exact) mass is 439 g/mol. The molecule has 1 saturated carbocycles. The highest BCUT2D eigenvalue weighted by molar-refractivity contribution is 9.10. The van der Waals surface area contributed by atoms with E-state index in [1.165, 1.54) is 12.8 Å². The summed E-state index contributed by atoms with van der Waals surface area (Å²) < 4.78 is 3.16. The fraction of sp³-hybridized carbons (Fsp3) is 0.391. The van der Waals surface area contributed by atoms with Crippen molar-refractivity contribution < 1.29 is 4.79 Å². The number of aromatic nitrogens is 2. The van der Waals surface area contributed by atoms with Crippen molar-refractivity contribution in [1.29, 1.82) is 0 Å². The average Bonchev–Trinajstić information content (AvgIpc) is 3.01. The predicted octanol–water partition coefficient (Wildman–Crippen LogP) is 5.65. The Morgan fingerprint density at radius 3 is 2.64 bits per heavy atom. The normalized spacial score (nSPS) is 22.4. The van der Waals surface area contributed by atoms with Gasteiger partial charge in [-0.15, -0.1) is 0 Å². The molecule has 1 heterocycles. The Kier molecular flexibility index (Phi) is 5.28. The van der Waals surface area contributed by atoms with E-state index in [0.29, 0.717) is 17.4 Å². The van der Waals surface area contributed by atoms with Crippen molar-refractivity contribution in [3.8, 4) is 5.69 Å². The van der Waals surface area contributed by atoms with Crippen LogP contribution in [0.25, 0.3) is 16.7 Å². The standard InChI is InChI=1S/C23H26BrN3O/c1-14-5-4-6-20(15(14)2)26-23(28)17-7-12-22-21(13-17)25-16(3)27(22)19-10-8-18(24)9-11-19/h7-15,20H,4-6H2,1-3H3,(H,26,28)/t14-,15-,20+/m0/s1. The molecule has 2 aromatic carbocycles. The molecule has 1 amide bonds. The van der Waals surface area contributed by atoms with Gasteiger partial charge in [0.25, 0.3) is 5.91 Å². The molecule has 28 heavy (non-hydrogen) atoms. The van der Waals surface area contributed by atoms with Gasteiger partial charge < -0.3 is 5.32 Å². The zero-order valence-corrected chi connectivity index (χ0v) is 18.2. The molecular formula is C23H26BrN3O. The van der Waals surface area contributed by atoms with Crippen molar-refractivity contribution in [2.24, 2.45) is 11.8 Å². The number of hydrogen-bond acceptors (Lipinski definition) is 2. The number of nitrogens with zero attached hydrogens (tertiary/aromatic N) is 2. The minimum absolute atomic E-state index is 0.00342. The molecule has 5 heteroatoms. The van der Waals surface area contributed by atoms with Crippen LogP contribution in [0.1, 0.15) is 49.3 Å². The largest absolute Gasteiger partial charge is 0.349 e. The van der Waals surface area contributed by atoms with Gasteiger partial charge in [0.15, 0.2) is 0 Å². The molecule has 0 aliphatic heterocycles. The van der Waals surface area contributed by atoms with Crippen LogP contribution in [0.2, 0.25) is 0 Å². The molecule has 3 aromatic rings. The summed E-state index contributed by atoms with van der Waals surface area (Å²) in [4.78, 5) is 17.6. The molecule has 1 aliphatic carbocycles. The number of rotatable bonds is 3. The lowest BCUT2D eigenvalue weighted by Gasteiger charge is -2.34. The number of amides is 1. The Labute approximate surface area is 174 Å². The number of halogens is 1. The number of benzene rings is 2. The van der Waals surface area contributed by atoms with Gasteiger partial charge in [0.2, 0.25) is 0 Å². The van der Waals surface area contributed by atoms with Crippen LogP contribution in [0.4, 0.5) is 0 Å². The van der Waals surface area contributed by atoms with E-state index in [0.717, 1.165) is 33.4 Å². The third kappa shape index (κ3) is 3.60. The maximum absolute atomic E-state index is 12.9. The third-order valence-corrected chi connectivity index (χ3v) is 6.72. The second kappa shape index (κ2) is 7.70. The molecule has 1 N–H and O–H groups in total. The highest BCUT2D eigenvalue weighted by atomic mass is 79.9. The van der Waals surface area contributed by atoms with Gasteiger partial charge in [-0.2, -0.15) is 0 Å². The van der Waals surface area contributed by atoms with Crippen LogP contribution in [0.15, 0.2) is 46.9 Å². The van der Waals surface area contributed by atoms with E-state index >= 15 is 0 Å². The van der Waals surface area contributed by atoms with Crippen LogP contribution in [0.3, 0.4) is 0 Å². The maximum Gasteiger partial charge on any atom is 0.251 e. The summed E-state index contributed by atoms with van der Waals surface area (Å²) in [6.45, 7) is 6.53. The molecule has 1 fully saturated rings. The highest BCUT2D eigenvalue weighted by Crippen LogP contribution is 2.30. The van der Waals surface area contributed by atoms with E-state index in [1.807, 2.05) is 37.3 Å². The molecule has 0 spiro atoms. The number of carbonyl (C=O) groups is 1. The quantitative estimate of drug-likeness (QED) is 0.572. The van der Waals surface area contributed by atoms with Crippen LogP contribution < -0.4 is 5.32 Å². The molecule has 4 rings (SSSR count). The minimum atomic E-state index is 0.00342. The highest BCUT2D eigenvalue weighted by Gasteiger charge is 2.28. The van der Waals surface area contributed by atoms with Gasteiger partial charge >= 0.3 is 0 Å². The van der Waals surface area contributed by atoms with Crippen molar-refractivity contribution >= 4 is 32.9 Å². The number of carbonyl (C=O) groups excluding carboxylic acids is 1. The molecule has 0 unspecified atom stereocenters. The maximum atomic E-state index is 12.9. The predicted molar refractivity (Wildman–Crippen MR) is 117 cm³/mol. The van der Waals surface area contributed by atoms with E-state index in [-0.39, 0.29) is 11.9 Å². The molecule has 4 nitrogen and oxygen atoms in total. The van der Waals surface area contributed by atoms with Gasteiger partial charge in [-0.1, -0.05) is 42.6 Å². The number of nitrogens with one attached hydrogen (secondary N) is 1. The third-order valence-electron chi connectivity index (χ3n) is 6.19.